The minimum Gasteiger partial charge on any atom is -0.317 e. The Labute approximate surface area is 160 Å². The van der Waals surface area contributed by atoms with Gasteiger partial charge in [0, 0.05) is 17.8 Å². The Morgan fingerprint density at radius 2 is 2.04 bits per heavy atom. The predicted octanol–water partition coefficient (Wildman–Crippen LogP) is 3.28. The van der Waals surface area contributed by atoms with Crippen molar-refractivity contribution in [2.75, 3.05) is 13.1 Å². The van der Waals surface area contributed by atoms with Crippen molar-refractivity contribution in [3.8, 4) is 0 Å². The summed E-state index contributed by atoms with van der Waals surface area (Å²) in [5, 5.41) is 4.26. The molecule has 0 saturated carbocycles. The van der Waals surface area contributed by atoms with E-state index in [-0.39, 0.29) is 12.4 Å². The number of pyridine rings is 1. The Hall–Kier alpha value is -1.63. The maximum Gasteiger partial charge on any atom is 0.248 e. The Bertz CT molecular complexity index is 958. The van der Waals surface area contributed by atoms with Crippen molar-refractivity contribution in [1.82, 2.24) is 14.3 Å². The molecule has 1 unspecified atom stereocenters. The number of nitrogens with zero attached hydrogens (tertiary/aromatic N) is 2. The van der Waals surface area contributed by atoms with Gasteiger partial charge in [-0.25, -0.2) is 12.4 Å². The fourth-order valence-corrected chi connectivity index (χ4v) is 5.61. The van der Waals surface area contributed by atoms with Crippen LogP contribution in [0.4, 0.5) is 0 Å². The summed E-state index contributed by atoms with van der Waals surface area (Å²) in [6.07, 6.45) is 13.5. The topological polar surface area (TPSA) is 64.0 Å². The highest BCUT2D eigenvalue weighted by Crippen LogP contribution is 2.38. The zero-order valence-corrected chi connectivity index (χ0v) is 16.4. The second-order valence-electron chi connectivity index (χ2n) is 7.17. The molecule has 2 aromatic heterocycles. The zero-order chi connectivity index (χ0) is 17.5. The van der Waals surface area contributed by atoms with Gasteiger partial charge in [-0.05, 0) is 57.3 Å². The van der Waals surface area contributed by atoms with Gasteiger partial charge >= 0.3 is 0 Å². The van der Waals surface area contributed by atoms with E-state index in [0.29, 0.717) is 17.9 Å². The second kappa shape index (κ2) is 7.18. The van der Waals surface area contributed by atoms with Crippen molar-refractivity contribution >= 4 is 33.3 Å². The first kappa shape index (κ1) is 19.1. The minimum absolute atomic E-state index is 0. The molecule has 0 spiro atoms. The lowest BCUT2D eigenvalue weighted by atomic mass is 9.82. The largest absolute Gasteiger partial charge is 0.317 e. The molecule has 1 fully saturated rings. The van der Waals surface area contributed by atoms with Crippen molar-refractivity contribution in [1.29, 1.82) is 0 Å². The Balaban J connectivity index is 0.00000196. The van der Waals surface area contributed by atoms with Gasteiger partial charge < -0.3 is 5.32 Å². The van der Waals surface area contributed by atoms with E-state index >= 15 is 0 Å². The summed E-state index contributed by atoms with van der Waals surface area (Å²) in [7, 11) is -3.58. The van der Waals surface area contributed by atoms with Crippen LogP contribution in [0.5, 0.6) is 0 Å². The Morgan fingerprint density at radius 3 is 2.81 bits per heavy atom. The van der Waals surface area contributed by atoms with Crippen LogP contribution < -0.4 is 5.32 Å². The average molecular weight is 394 g/mol. The number of allylic oxidation sites excluding steroid dienone is 3. The van der Waals surface area contributed by atoms with Crippen LogP contribution in [0.3, 0.4) is 0 Å². The molecule has 2 aliphatic rings. The van der Waals surface area contributed by atoms with E-state index < -0.39 is 14.8 Å². The van der Waals surface area contributed by atoms with Crippen molar-refractivity contribution < 1.29 is 8.42 Å². The normalized spacial score (nSPS) is 24.3. The summed E-state index contributed by atoms with van der Waals surface area (Å²) in [6.45, 7) is 3.83. The lowest BCUT2D eigenvalue weighted by molar-refractivity contribution is 0.404. The van der Waals surface area contributed by atoms with Gasteiger partial charge in [-0.2, -0.15) is 0 Å². The van der Waals surface area contributed by atoms with E-state index in [4.69, 9.17) is 0 Å². The van der Waals surface area contributed by atoms with Crippen molar-refractivity contribution in [3.63, 3.8) is 0 Å². The summed E-state index contributed by atoms with van der Waals surface area (Å²) in [5.74, 6) is 0.476. The fraction of sp³-hybridized carbons (Fsp3) is 0.421. The highest BCUT2D eigenvalue weighted by molar-refractivity contribution is 7.91. The second-order valence-corrected chi connectivity index (χ2v) is 9.44. The van der Waals surface area contributed by atoms with Gasteiger partial charge in [-0.15, -0.1) is 12.4 Å². The quantitative estimate of drug-likeness (QED) is 0.869. The SMILES string of the molecule is CC1(S(=O)(=O)n2ccc3ccncc32)C=CC=C(C2CCNCC2)C1.Cl. The molecule has 7 heteroatoms. The number of rotatable bonds is 3. The van der Waals surface area contributed by atoms with Gasteiger partial charge in [0.05, 0.1) is 11.7 Å². The molecule has 4 rings (SSSR count). The molecule has 1 N–H and O–H groups in total. The highest BCUT2D eigenvalue weighted by atomic mass is 35.5. The van der Waals surface area contributed by atoms with Crippen LogP contribution >= 0.6 is 12.4 Å². The first-order valence-electron chi connectivity index (χ1n) is 8.76. The Kier molecular flexibility index (Phi) is 5.28. The molecule has 2 aromatic rings. The third kappa shape index (κ3) is 3.10. The Morgan fingerprint density at radius 1 is 1.27 bits per heavy atom. The summed E-state index contributed by atoms with van der Waals surface area (Å²) in [6, 6.07) is 3.66. The van der Waals surface area contributed by atoms with Crippen LogP contribution in [0.2, 0.25) is 0 Å². The number of hydrogen-bond acceptors (Lipinski definition) is 4. The molecule has 1 saturated heterocycles. The van der Waals surface area contributed by atoms with Gasteiger partial charge in [-0.3, -0.25) is 4.98 Å². The summed E-state index contributed by atoms with van der Waals surface area (Å²) in [4.78, 5) is 4.09. The van der Waals surface area contributed by atoms with E-state index in [9.17, 15) is 8.42 Å². The van der Waals surface area contributed by atoms with Crippen LogP contribution in [0.1, 0.15) is 26.2 Å². The number of aromatic nitrogens is 2. The van der Waals surface area contributed by atoms with Crippen molar-refractivity contribution in [2.24, 2.45) is 5.92 Å². The van der Waals surface area contributed by atoms with Crippen molar-refractivity contribution in [3.05, 3.63) is 54.5 Å². The minimum atomic E-state index is -3.58. The van der Waals surface area contributed by atoms with Gasteiger partial charge in [0.2, 0.25) is 10.0 Å². The molecule has 0 radical (unpaired) electrons. The zero-order valence-electron chi connectivity index (χ0n) is 14.8. The standard InChI is InChI=1S/C19H23N3O2S.ClH/c1-19(8-2-3-17(13-19)15-4-9-20-10-5-15)25(23,24)22-12-7-16-6-11-21-14-18(16)22;/h2-3,6-8,11-12,14-15,20H,4-5,9-10,13H2,1H3;1H. The van der Waals surface area contributed by atoms with E-state index in [1.165, 1.54) is 9.55 Å². The third-order valence-corrected chi connectivity index (χ3v) is 7.78. The summed E-state index contributed by atoms with van der Waals surface area (Å²) < 4.78 is 27.4. The molecule has 0 bridgehead atoms. The number of halogens is 1. The van der Waals surface area contributed by atoms with Crippen LogP contribution in [0, 0.1) is 5.92 Å². The summed E-state index contributed by atoms with van der Waals surface area (Å²) in [5.41, 5.74) is 1.89. The molecule has 1 atom stereocenters. The number of hydrogen-bond donors (Lipinski definition) is 1. The van der Waals surface area contributed by atoms with Gasteiger partial charge in [0.25, 0.3) is 0 Å². The molecule has 1 aliphatic heterocycles. The van der Waals surface area contributed by atoms with Crippen LogP contribution in [0.15, 0.2) is 54.5 Å². The van der Waals surface area contributed by atoms with E-state index in [1.54, 1.807) is 18.6 Å². The average Bonchev–Trinajstić information content (AvgIpc) is 3.07. The third-order valence-electron chi connectivity index (χ3n) is 5.49. The lowest BCUT2D eigenvalue weighted by Crippen LogP contribution is -2.40. The fourth-order valence-electron chi connectivity index (χ4n) is 3.93. The van der Waals surface area contributed by atoms with Gasteiger partial charge in [0.1, 0.15) is 4.75 Å². The monoisotopic (exact) mass is 393 g/mol. The molecule has 0 amide bonds. The molecule has 1 aliphatic carbocycles. The van der Waals surface area contributed by atoms with Crippen LogP contribution in [0.25, 0.3) is 10.9 Å². The molecular formula is C19H24ClN3O2S. The first-order valence-corrected chi connectivity index (χ1v) is 10.2. The maximum atomic E-state index is 13.5. The van der Waals surface area contributed by atoms with Gasteiger partial charge in [0.15, 0.2) is 0 Å². The molecule has 26 heavy (non-hydrogen) atoms. The maximum absolute atomic E-state index is 13.5. The number of piperidine rings is 1. The van der Waals surface area contributed by atoms with Crippen LogP contribution in [-0.4, -0.2) is 35.2 Å². The molecule has 0 aromatic carbocycles. The van der Waals surface area contributed by atoms with E-state index in [1.807, 2.05) is 31.2 Å². The molecule has 140 valence electrons. The smallest absolute Gasteiger partial charge is 0.248 e. The molecule has 3 heterocycles. The highest BCUT2D eigenvalue weighted by Gasteiger charge is 2.41. The van der Waals surface area contributed by atoms with E-state index in [0.717, 1.165) is 31.3 Å². The summed E-state index contributed by atoms with van der Waals surface area (Å²) >= 11 is 0. The number of fused-ring (bicyclic) bond motifs is 1. The van der Waals surface area contributed by atoms with Crippen LogP contribution in [-0.2, 0) is 10.0 Å². The lowest BCUT2D eigenvalue weighted by Gasteiger charge is -2.34. The predicted molar refractivity (Wildman–Crippen MR) is 107 cm³/mol. The molecular weight excluding hydrogens is 370 g/mol. The van der Waals surface area contributed by atoms with E-state index in [2.05, 4.69) is 16.4 Å². The van der Waals surface area contributed by atoms with Gasteiger partial charge in [-0.1, -0.05) is 23.8 Å². The van der Waals surface area contributed by atoms with Crippen molar-refractivity contribution in [2.45, 2.75) is 30.9 Å². The first-order chi connectivity index (χ1) is 12.0. The molecule has 5 nitrogen and oxygen atoms in total. The number of nitrogens with one attached hydrogen (secondary N) is 1.